The number of allylic oxidation sites excluding steroid dienone is 2. The van der Waals surface area contributed by atoms with Crippen molar-refractivity contribution in [2.45, 2.75) is 12.8 Å². The fraction of sp³-hybridized carbons (Fsp3) is 0.231. The molecule has 1 aromatic rings. The summed E-state index contributed by atoms with van der Waals surface area (Å²) in [7, 11) is 0. The number of ether oxygens (including phenoxy) is 2. The molecule has 0 N–H and O–H groups in total. The Labute approximate surface area is 89.8 Å². The van der Waals surface area contributed by atoms with Gasteiger partial charge in [-0.3, -0.25) is 0 Å². The molecule has 0 spiro atoms. The van der Waals surface area contributed by atoms with Crippen molar-refractivity contribution in [2.24, 2.45) is 0 Å². The molecule has 78 valence electrons. The average Bonchev–Trinajstić information content (AvgIpc) is 2.71. The second kappa shape index (κ2) is 4.69. The van der Waals surface area contributed by atoms with Crippen molar-refractivity contribution in [1.82, 2.24) is 0 Å². The van der Waals surface area contributed by atoms with Gasteiger partial charge < -0.3 is 9.47 Å². The van der Waals surface area contributed by atoms with Crippen LogP contribution < -0.4 is 9.47 Å². The van der Waals surface area contributed by atoms with Gasteiger partial charge in [0, 0.05) is 0 Å². The number of benzene rings is 1. The van der Waals surface area contributed by atoms with E-state index in [4.69, 9.17) is 9.47 Å². The average molecular weight is 202 g/mol. The van der Waals surface area contributed by atoms with Crippen LogP contribution in [0.5, 0.6) is 11.5 Å². The maximum absolute atomic E-state index is 5.29. The lowest BCUT2D eigenvalue weighted by Crippen LogP contribution is -1.92. The second-order valence-electron chi connectivity index (χ2n) is 3.38. The first kappa shape index (κ1) is 9.84. The molecule has 0 aliphatic carbocycles. The highest BCUT2D eigenvalue weighted by molar-refractivity contribution is 5.56. The summed E-state index contributed by atoms with van der Waals surface area (Å²) in [5.41, 5.74) is 1.14. The molecular weight excluding hydrogens is 188 g/mol. The first-order chi connectivity index (χ1) is 7.40. The molecule has 2 nitrogen and oxygen atoms in total. The van der Waals surface area contributed by atoms with E-state index in [1.54, 1.807) is 0 Å². The predicted molar refractivity (Wildman–Crippen MR) is 61.0 cm³/mol. The van der Waals surface area contributed by atoms with Crippen LogP contribution in [-0.2, 0) is 0 Å². The lowest BCUT2D eigenvalue weighted by atomic mass is 10.1. The third kappa shape index (κ3) is 2.40. The molecule has 0 saturated carbocycles. The number of hydrogen-bond acceptors (Lipinski definition) is 2. The number of fused-ring (bicyclic) bond motifs is 1. The maximum Gasteiger partial charge on any atom is 0.231 e. The Morgan fingerprint density at radius 2 is 2.07 bits per heavy atom. The van der Waals surface area contributed by atoms with E-state index in [0.29, 0.717) is 6.79 Å². The summed E-state index contributed by atoms with van der Waals surface area (Å²) in [5, 5.41) is 0. The molecule has 2 rings (SSSR count). The van der Waals surface area contributed by atoms with Crippen LogP contribution in [0.15, 0.2) is 36.9 Å². The van der Waals surface area contributed by atoms with Crippen molar-refractivity contribution in [3.05, 3.63) is 42.5 Å². The highest BCUT2D eigenvalue weighted by Gasteiger charge is 2.11. The van der Waals surface area contributed by atoms with Gasteiger partial charge in [0.05, 0.1) is 0 Å². The van der Waals surface area contributed by atoms with Crippen molar-refractivity contribution in [2.75, 3.05) is 6.79 Å². The Morgan fingerprint density at radius 3 is 2.93 bits per heavy atom. The highest BCUT2D eigenvalue weighted by Crippen LogP contribution is 2.32. The molecule has 0 fully saturated rings. The van der Waals surface area contributed by atoms with E-state index in [1.165, 1.54) is 0 Å². The Hall–Kier alpha value is -1.70. The first-order valence-electron chi connectivity index (χ1n) is 5.07. The van der Waals surface area contributed by atoms with Crippen LogP contribution in [0.2, 0.25) is 0 Å². The van der Waals surface area contributed by atoms with E-state index in [0.717, 1.165) is 29.9 Å². The minimum atomic E-state index is 0.332. The molecule has 2 heteroatoms. The fourth-order valence-corrected chi connectivity index (χ4v) is 1.45. The molecule has 15 heavy (non-hydrogen) atoms. The SMILES string of the molecule is C=CCC/C=C/c1ccc2c(c1)OCO2. The predicted octanol–water partition coefficient (Wildman–Crippen LogP) is 3.39. The molecule has 1 aromatic carbocycles. The summed E-state index contributed by atoms with van der Waals surface area (Å²) in [4.78, 5) is 0. The number of hydrogen-bond donors (Lipinski definition) is 0. The van der Waals surface area contributed by atoms with E-state index < -0.39 is 0 Å². The summed E-state index contributed by atoms with van der Waals surface area (Å²) in [5.74, 6) is 1.67. The molecular formula is C13H14O2. The summed E-state index contributed by atoms with van der Waals surface area (Å²) < 4.78 is 10.5. The summed E-state index contributed by atoms with van der Waals surface area (Å²) in [6.07, 6.45) is 8.19. The van der Waals surface area contributed by atoms with Gasteiger partial charge >= 0.3 is 0 Å². The molecule has 0 saturated heterocycles. The quantitative estimate of drug-likeness (QED) is 0.550. The van der Waals surface area contributed by atoms with E-state index in [-0.39, 0.29) is 0 Å². The summed E-state index contributed by atoms with van der Waals surface area (Å²) in [6.45, 7) is 4.01. The monoisotopic (exact) mass is 202 g/mol. The van der Waals surface area contributed by atoms with Gasteiger partial charge in [0.25, 0.3) is 0 Å². The zero-order valence-corrected chi connectivity index (χ0v) is 8.61. The van der Waals surface area contributed by atoms with Gasteiger partial charge in [0.15, 0.2) is 11.5 Å². The topological polar surface area (TPSA) is 18.5 Å². The first-order valence-corrected chi connectivity index (χ1v) is 5.07. The molecule has 0 unspecified atom stereocenters. The van der Waals surface area contributed by atoms with Gasteiger partial charge in [-0.15, -0.1) is 6.58 Å². The van der Waals surface area contributed by atoms with E-state index in [2.05, 4.69) is 18.7 Å². The largest absolute Gasteiger partial charge is 0.454 e. The van der Waals surface area contributed by atoms with Gasteiger partial charge in [-0.1, -0.05) is 24.3 Å². The molecule has 0 aromatic heterocycles. The lowest BCUT2D eigenvalue weighted by Gasteiger charge is -1.97. The van der Waals surface area contributed by atoms with Gasteiger partial charge in [0.1, 0.15) is 0 Å². The van der Waals surface area contributed by atoms with Gasteiger partial charge in [-0.05, 0) is 30.5 Å². The van der Waals surface area contributed by atoms with E-state index in [9.17, 15) is 0 Å². The zero-order valence-electron chi connectivity index (χ0n) is 8.61. The highest BCUT2D eigenvalue weighted by atomic mass is 16.7. The Morgan fingerprint density at radius 1 is 1.20 bits per heavy atom. The van der Waals surface area contributed by atoms with Crippen LogP contribution in [0.4, 0.5) is 0 Å². The van der Waals surface area contributed by atoms with Crippen molar-refractivity contribution in [3.8, 4) is 11.5 Å². The molecule has 0 atom stereocenters. The summed E-state index contributed by atoms with van der Waals surface area (Å²) in [6, 6.07) is 5.96. The Kier molecular flexibility index (Phi) is 3.08. The van der Waals surface area contributed by atoms with Crippen LogP contribution in [0.1, 0.15) is 18.4 Å². The summed E-state index contributed by atoms with van der Waals surface area (Å²) >= 11 is 0. The van der Waals surface area contributed by atoms with Gasteiger partial charge in [-0.2, -0.15) is 0 Å². The van der Waals surface area contributed by atoms with Crippen molar-refractivity contribution in [3.63, 3.8) is 0 Å². The van der Waals surface area contributed by atoms with Crippen molar-refractivity contribution in [1.29, 1.82) is 0 Å². The molecule has 0 radical (unpaired) electrons. The third-order valence-corrected chi connectivity index (χ3v) is 2.24. The minimum Gasteiger partial charge on any atom is -0.454 e. The van der Waals surface area contributed by atoms with Crippen LogP contribution in [-0.4, -0.2) is 6.79 Å². The van der Waals surface area contributed by atoms with Gasteiger partial charge in [-0.25, -0.2) is 0 Å². The molecule has 1 aliphatic rings. The normalized spacial score (nSPS) is 13.3. The van der Waals surface area contributed by atoms with E-state index >= 15 is 0 Å². The number of rotatable bonds is 4. The van der Waals surface area contributed by atoms with Crippen LogP contribution in [0, 0.1) is 0 Å². The number of unbranched alkanes of at least 4 members (excludes halogenated alkanes) is 1. The maximum atomic E-state index is 5.29. The standard InChI is InChI=1S/C13H14O2/c1-2-3-4-5-6-11-7-8-12-13(9-11)15-10-14-12/h2,5-9H,1,3-4,10H2/b6-5+. The van der Waals surface area contributed by atoms with Crippen LogP contribution in [0.25, 0.3) is 6.08 Å². The molecule has 1 heterocycles. The van der Waals surface area contributed by atoms with Crippen LogP contribution >= 0.6 is 0 Å². The fourth-order valence-electron chi connectivity index (χ4n) is 1.45. The van der Waals surface area contributed by atoms with E-state index in [1.807, 2.05) is 24.3 Å². The Bertz CT molecular complexity index is 380. The molecule has 0 amide bonds. The smallest absolute Gasteiger partial charge is 0.231 e. The van der Waals surface area contributed by atoms with Crippen LogP contribution in [0.3, 0.4) is 0 Å². The molecule has 0 bridgehead atoms. The Balaban J connectivity index is 2.03. The minimum absolute atomic E-state index is 0.332. The lowest BCUT2D eigenvalue weighted by molar-refractivity contribution is 0.174. The second-order valence-corrected chi connectivity index (χ2v) is 3.38. The van der Waals surface area contributed by atoms with Crippen molar-refractivity contribution >= 4 is 6.08 Å². The van der Waals surface area contributed by atoms with Gasteiger partial charge in [0.2, 0.25) is 6.79 Å². The molecule has 1 aliphatic heterocycles. The third-order valence-electron chi connectivity index (χ3n) is 2.24. The zero-order chi connectivity index (χ0) is 10.5. The van der Waals surface area contributed by atoms with Crippen molar-refractivity contribution < 1.29 is 9.47 Å².